The van der Waals surface area contributed by atoms with Gasteiger partial charge in [-0.3, -0.25) is 14.5 Å². The lowest BCUT2D eigenvalue weighted by Crippen LogP contribution is -2.32. The van der Waals surface area contributed by atoms with E-state index in [-0.39, 0.29) is 24.3 Å². The molecule has 3 rings (SSSR count). The van der Waals surface area contributed by atoms with Gasteiger partial charge in [-0.25, -0.2) is 0 Å². The standard InChI is InChI=1S/C22H23NO5S/c1-14-8-9-15(2)18(12-14)28-11-10-23-21(24)19(29-22(23)25)13-16-6-5-7-17(26-3)20(16)27-4/h5-9,12-13H,10-11H2,1-4H3/b19-13-. The zero-order valence-electron chi connectivity index (χ0n) is 16.9. The fourth-order valence-electron chi connectivity index (χ4n) is 2.97. The van der Waals surface area contributed by atoms with Crippen LogP contribution in [0.3, 0.4) is 0 Å². The highest BCUT2D eigenvalue weighted by molar-refractivity contribution is 8.18. The number of rotatable bonds is 7. The lowest BCUT2D eigenvalue weighted by molar-refractivity contribution is -0.123. The van der Waals surface area contributed by atoms with Crippen molar-refractivity contribution in [3.63, 3.8) is 0 Å². The summed E-state index contributed by atoms with van der Waals surface area (Å²) in [6.45, 7) is 4.36. The fraction of sp³-hybridized carbons (Fsp3) is 0.273. The van der Waals surface area contributed by atoms with Crippen LogP contribution in [0.15, 0.2) is 41.3 Å². The molecule has 0 N–H and O–H groups in total. The summed E-state index contributed by atoms with van der Waals surface area (Å²) < 4.78 is 16.5. The van der Waals surface area contributed by atoms with Crippen molar-refractivity contribution in [2.24, 2.45) is 0 Å². The van der Waals surface area contributed by atoms with E-state index < -0.39 is 0 Å². The molecule has 6 nitrogen and oxygen atoms in total. The molecule has 0 unspecified atom stereocenters. The smallest absolute Gasteiger partial charge is 0.293 e. The van der Waals surface area contributed by atoms with E-state index in [4.69, 9.17) is 14.2 Å². The maximum Gasteiger partial charge on any atom is 0.293 e. The maximum absolute atomic E-state index is 12.7. The number of thioether (sulfide) groups is 1. The van der Waals surface area contributed by atoms with Crippen LogP contribution in [0.2, 0.25) is 0 Å². The zero-order chi connectivity index (χ0) is 21.0. The summed E-state index contributed by atoms with van der Waals surface area (Å²) in [5, 5.41) is -0.312. The van der Waals surface area contributed by atoms with Crippen molar-refractivity contribution < 1.29 is 23.8 Å². The molecule has 1 heterocycles. The Morgan fingerprint density at radius 3 is 2.55 bits per heavy atom. The first-order valence-corrected chi connectivity index (χ1v) is 9.92. The summed E-state index contributed by atoms with van der Waals surface area (Å²) in [6, 6.07) is 11.3. The summed E-state index contributed by atoms with van der Waals surface area (Å²) in [4.78, 5) is 26.6. The summed E-state index contributed by atoms with van der Waals surface area (Å²) >= 11 is 0.908. The minimum Gasteiger partial charge on any atom is -0.493 e. The third-order valence-corrected chi connectivity index (χ3v) is 5.42. The molecule has 7 heteroatoms. The molecule has 2 aromatic rings. The van der Waals surface area contributed by atoms with E-state index in [9.17, 15) is 9.59 Å². The number of carbonyl (C=O) groups excluding carboxylic acids is 2. The number of para-hydroxylation sites is 1. The number of hydrogen-bond acceptors (Lipinski definition) is 6. The second-order valence-corrected chi connectivity index (χ2v) is 7.53. The molecule has 2 amide bonds. The number of imide groups is 1. The van der Waals surface area contributed by atoms with Gasteiger partial charge in [0.05, 0.1) is 25.7 Å². The average Bonchev–Trinajstić information content (AvgIpc) is 2.97. The Labute approximate surface area is 174 Å². The van der Waals surface area contributed by atoms with Crippen molar-refractivity contribution in [3.05, 3.63) is 58.0 Å². The lowest BCUT2D eigenvalue weighted by atomic mass is 10.1. The van der Waals surface area contributed by atoms with Crippen molar-refractivity contribution in [2.45, 2.75) is 13.8 Å². The van der Waals surface area contributed by atoms with Crippen molar-refractivity contribution in [2.75, 3.05) is 27.4 Å². The Morgan fingerprint density at radius 2 is 1.83 bits per heavy atom. The topological polar surface area (TPSA) is 65.1 Å². The summed E-state index contributed by atoms with van der Waals surface area (Å²) in [7, 11) is 3.08. The second kappa shape index (κ2) is 9.05. The first kappa shape index (κ1) is 20.8. The van der Waals surface area contributed by atoms with Crippen LogP contribution < -0.4 is 14.2 Å². The average molecular weight is 413 g/mol. The molecule has 1 saturated heterocycles. The van der Waals surface area contributed by atoms with E-state index in [0.717, 1.165) is 28.6 Å². The molecule has 2 aromatic carbocycles. The molecule has 0 radical (unpaired) electrons. The maximum atomic E-state index is 12.7. The Bertz CT molecular complexity index is 970. The Balaban J connectivity index is 1.71. The number of hydrogen-bond donors (Lipinski definition) is 0. The molecule has 0 aromatic heterocycles. The van der Waals surface area contributed by atoms with Gasteiger partial charge in [0.15, 0.2) is 11.5 Å². The van der Waals surface area contributed by atoms with Crippen molar-refractivity contribution in [1.29, 1.82) is 0 Å². The van der Waals surface area contributed by atoms with E-state index in [1.165, 1.54) is 12.0 Å². The lowest BCUT2D eigenvalue weighted by Gasteiger charge is -2.14. The molecule has 29 heavy (non-hydrogen) atoms. The molecular formula is C22H23NO5S. The normalized spacial score (nSPS) is 15.2. The third-order valence-electron chi connectivity index (χ3n) is 4.51. The van der Waals surface area contributed by atoms with Gasteiger partial charge >= 0.3 is 0 Å². The number of ether oxygens (including phenoxy) is 3. The number of methoxy groups -OCH3 is 2. The Morgan fingerprint density at radius 1 is 1.03 bits per heavy atom. The zero-order valence-corrected chi connectivity index (χ0v) is 17.7. The first-order valence-electron chi connectivity index (χ1n) is 9.11. The molecule has 0 atom stereocenters. The van der Waals surface area contributed by atoms with Gasteiger partial charge < -0.3 is 14.2 Å². The summed E-state index contributed by atoms with van der Waals surface area (Å²) in [5.41, 5.74) is 2.77. The second-order valence-electron chi connectivity index (χ2n) is 6.53. The number of benzene rings is 2. The van der Waals surface area contributed by atoms with Crippen LogP contribution in [-0.4, -0.2) is 43.4 Å². The van der Waals surface area contributed by atoms with Crippen molar-refractivity contribution in [3.8, 4) is 17.2 Å². The quantitative estimate of drug-likeness (QED) is 0.626. The highest BCUT2D eigenvalue weighted by atomic mass is 32.2. The molecule has 1 aliphatic heterocycles. The number of aryl methyl sites for hydroxylation is 2. The van der Waals surface area contributed by atoms with Gasteiger partial charge in [-0.1, -0.05) is 24.3 Å². The predicted molar refractivity (Wildman–Crippen MR) is 114 cm³/mol. The molecule has 0 spiro atoms. The van der Waals surface area contributed by atoms with Crippen molar-refractivity contribution >= 4 is 29.0 Å². The molecule has 152 valence electrons. The van der Waals surface area contributed by atoms with Gasteiger partial charge in [0, 0.05) is 5.56 Å². The van der Waals surface area contributed by atoms with Gasteiger partial charge in [0.1, 0.15) is 12.4 Å². The van der Waals surface area contributed by atoms with E-state index in [2.05, 4.69) is 0 Å². The van der Waals surface area contributed by atoms with Gasteiger partial charge in [-0.05, 0) is 54.9 Å². The monoisotopic (exact) mass is 413 g/mol. The summed E-state index contributed by atoms with van der Waals surface area (Å²) in [5.74, 6) is 1.49. The van der Waals surface area contributed by atoms with Crippen LogP contribution in [0, 0.1) is 13.8 Å². The number of amides is 2. The molecule has 0 bridgehead atoms. The van der Waals surface area contributed by atoms with E-state index in [1.54, 1.807) is 31.4 Å². The predicted octanol–water partition coefficient (Wildman–Crippen LogP) is 4.44. The van der Waals surface area contributed by atoms with Gasteiger partial charge in [0.25, 0.3) is 11.1 Å². The Hall–Kier alpha value is -2.93. The van der Waals surface area contributed by atoms with Crippen LogP contribution in [0.1, 0.15) is 16.7 Å². The van der Waals surface area contributed by atoms with Crippen LogP contribution in [0.5, 0.6) is 17.2 Å². The highest BCUT2D eigenvalue weighted by Gasteiger charge is 2.35. The van der Waals surface area contributed by atoms with Crippen LogP contribution in [0.25, 0.3) is 6.08 Å². The van der Waals surface area contributed by atoms with Gasteiger partial charge in [-0.15, -0.1) is 0 Å². The fourth-order valence-corrected chi connectivity index (χ4v) is 3.83. The van der Waals surface area contributed by atoms with Gasteiger partial charge in [-0.2, -0.15) is 0 Å². The first-order chi connectivity index (χ1) is 13.9. The van der Waals surface area contributed by atoms with E-state index in [1.807, 2.05) is 32.0 Å². The molecule has 0 aliphatic carbocycles. The van der Waals surface area contributed by atoms with Crippen LogP contribution in [-0.2, 0) is 4.79 Å². The molecular weight excluding hydrogens is 390 g/mol. The molecule has 1 fully saturated rings. The minimum absolute atomic E-state index is 0.185. The van der Waals surface area contributed by atoms with E-state index >= 15 is 0 Å². The van der Waals surface area contributed by atoms with Crippen LogP contribution in [0.4, 0.5) is 4.79 Å². The number of carbonyl (C=O) groups is 2. The van der Waals surface area contributed by atoms with Crippen LogP contribution >= 0.6 is 11.8 Å². The summed E-state index contributed by atoms with van der Waals surface area (Å²) in [6.07, 6.45) is 1.65. The highest BCUT2D eigenvalue weighted by Crippen LogP contribution is 2.37. The largest absolute Gasteiger partial charge is 0.493 e. The Kier molecular flexibility index (Phi) is 6.49. The molecule has 0 saturated carbocycles. The van der Waals surface area contributed by atoms with E-state index in [0.29, 0.717) is 22.0 Å². The minimum atomic E-state index is -0.338. The SMILES string of the molecule is COc1cccc(/C=C2\SC(=O)N(CCOc3cc(C)ccc3C)C2=O)c1OC. The number of nitrogens with zero attached hydrogens (tertiary/aromatic N) is 1. The van der Waals surface area contributed by atoms with Crippen molar-refractivity contribution in [1.82, 2.24) is 4.90 Å². The molecule has 1 aliphatic rings. The third kappa shape index (κ3) is 4.56. The van der Waals surface area contributed by atoms with Gasteiger partial charge in [0.2, 0.25) is 0 Å².